The number of benzene rings is 1. The Morgan fingerprint density at radius 3 is 2.41 bits per heavy atom. The summed E-state index contributed by atoms with van der Waals surface area (Å²) in [5, 5.41) is 2.92. The Bertz CT molecular complexity index is 750. The van der Waals surface area contributed by atoms with Gasteiger partial charge in [-0.05, 0) is 25.8 Å². The molecule has 2 rings (SSSR count). The van der Waals surface area contributed by atoms with Gasteiger partial charge in [0, 0.05) is 6.04 Å². The third-order valence-corrected chi connectivity index (χ3v) is 3.52. The highest BCUT2D eigenvalue weighted by Gasteiger charge is 2.18. The fraction of sp³-hybridized carbons (Fsp3) is 0.375. The molecule has 6 heteroatoms. The van der Waals surface area contributed by atoms with Crippen LogP contribution in [0, 0.1) is 5.82 Å². The van der Waals surface area contributed by atoms with Gasteiger partial charge in [-0.2, -0.15) is 4.39 Å². The summed E-state index contributed by atoms with van der Waals surface area (Å²) >= 11 is 0. The van der Waals surface area contributed by atoms with Crippen molar-refractivity contribution < 1.29 is 4.39 Å². The van der Waals surface area contributed by atoms with Crippen molar-refractivity contribution in [3.05, 3.63) is 62.6 Å². The second kappa shape index (κ2) is 6.60. The van der Waals surface area contributed by atoms with Crippen molar-refractivity contribution >= 4 is 5.82 Å². The van der Waals surface area contributed by atoms with E-state index in [4.69, 9.17) is 0 Å². The molecule has 0 amide bonds. The van der Waals surface area contributed by atoms with Gasteiger partial charge in [0.15, 0.2) is 0 Å². The van der Waals surface area contributed by atoms with Crippen LogP contribution in [0.1, 0.15) is 44.8 Å². The molecule has 1 heterocycles. The van der Waals surface area contributed by atoms with Gasteiger partial charge < -0.3 is 5.32 Å². The molecular weight excluding hydrogens is 285 g/mol. The molecule has 1 aromatic carbocycles. The predicted octanol–water partition coefficient (Wildman–Crippen LogP) is 2.82. The first-order valence-electron chi connectivity index (χ1n) is 7.31. The number of H-pyrrole nitrogens is 1. The molecule has 1 aromatic heterocycles. The number of rotatable bonds is 5. The van der Waals surface area contributed by atoms with Crippen LogP contribution in [0.2, 0.25) is 0 Å². The lowest BCUT2D eigenvalue weighted by atomic mass is 10.0. The quantitative estimate of drug-likeness (QED) is 0.892. The summed E-state index contributed by atoms with van der Waals surface area (Å²) in [7, 11) is 0. The molecule has 0 bridgehead atoms. The monoisotopic (exact) mass is 305 g/mol. The van der Waals surface area contributed by atoms with Crippen LogP contribution in [0.4, 0.5) is 10.2 Å². The van der Waals surface area contributed by atoms with Gasteiger partial charge in [-0.1, -0.05) is 37.3 Å². The fourth-order valence-electron chi connectivity index (χ4n) is 2.38. The largest absolute Gasteiger partial charge is 0.362 e. The van der Waals surface area contributed by atoms with Gasteiger partial charge in [0.25, 0.3) is 5.56 Å². The van der Waals surface area contributed by atoms with Crippen molar-refractivity contribution in [2.75, 3.05) is 5.32 Å². The van der Waals surface area contributed by atoms with Crippen LogP contribution in [-0.4, -0.2) is 9.55 Å². The minimum Gasteiger partial charge on any atom is -0.362 e. The molecule has 0 fully saturated rings. The predicted molar refractivity (Wildman–Crippen MR) is 84.8 cm³/mol. The summed E-state index contributed by atoms with van der Waals surface area (Å²) in [6.07, 6.45) is 0.679. The number of hydrogen-bond donors (Lipinski definition) is 2. The Kier molecular flexibility index (Phi) is 4.80. The number of nitrogens with zero attached hydrogens (tertiary/aromatic N) is 1. The molecule has 0 spiro atoms. The zero-order valence-electron chi connectivity index (χ0n) is 12.9. The molecule has 2 aromatic rings. The molecule has 118 valence electrons. The molecule has 22 heavy (non-hydrogen) atoms. The topological polar surface area (TPSA) is 66.9 Å². The van der Waals surface area contributed by atoms with Crippen LogP contribution in [-0.2, 0) is 0 Å². The highest BCUT2D eigenvalue weighted by molar-refractivity contribution is 5.38. The van der Waals surface area contributed by atoms with Gasteiger partial charge in [-0.25, -0.2) is 4.79 Å². The zero-order valence-corrected chi connectivity index (χ0v) is 12.9. The molecule has 1 atom stereocenters. The lowest BCUT2D eigenvalue weighted by Crippen LogP contribution is -2.39. The van der Waals surface area contributed by atoms with Gasteiger partial charge >= 0.3 is 5.69 Å². The van der Waals surface area contributed by atoms with E-state index in [0.29, 0.717) is 6.42 Å². The Hall–Kier alpha value is -2.37. The maximum atomic E-state index is 14.2. The molecule has 5 nitrogen and oxygen atoms in total. The summed E-state index contributed by atoms with van der Waals surface area (Å²) in [5.41, 5.74) is -0.575. The van der Waals surface area contributed by atoms with Crippen molar-refractivity contribution in [3.8, 4) is 0 Å². The van der Waals surface area contributed by atoms with Gasteiger partial charge in [-0.3, -0.25) is 14.3 Å². The molecule has 2 N–H and O–H groups in total. The zero-order chi connectivity index (χ0) is 16.3. The number of anilines is 1. The number of hydrogen-bond acceptors (Lipinski definition) is 3. The first-order chi connectivity index (χ1) is 10.5. The smallest absolute Gasteiger partial charge is 0.330 e. The van der Waals surface area contributed by atoms with E-state index in [2.05, 4.69) is 10.3 Å². The second-order valence-electron chi connectivity index (χ2n) is 5.40. The molecule has 0 aliphatic rings. The van der Waals surface area contributed by atoms with E-state index in [0.717, 1.165) is 10.1 Å². The van der Waals surface area contributed by atoms with Crippen molar-refractivity contribution in [2.45, 2.75) is 39.3 Å². The van der Waals surface area contributed by atoms with Crippen LogP contribution in [0.25, 0.3) is 0 Å². The minimum atomic E-state index is -0.970. The van der Waals surface area contributed by atoms with Crippen LogP contribution < -0.4 is 16.6 Å². The third-order valence-electron chi connectivity index (χ3n) is 3.52. The molecule has 0 radical (unpaired) electrons. The molecule has 0 saturated heterocycles. The van der Waals surface area contributed by atoms with Gasteiger partial charge in [-0.15, -0.1) is 0 Å². The first-order valence-corrected chi connectivity index (χ1v) is 7.31. The highest BCUT2D eigenvalue weighted by Crippen LogP contribution is 2.21. The van der Waals surface area contributed by atoms with Crippen molar-refractivity contribution in [2.24, 2.45) is 0 Å². The lowest BCUT2D eigenvalue weighted by Gasteiger charge is -2.19. The molecule has 0 aliphatic carbocycles. The van der Waals surface area contributed by atoms with Gasteiger partial charge in [0.1, 0.15) is 5.82 Å². The summed E-state index contributed by atoms with van der Waals surface area (Å²) in [4.78, 5) is 26.4. The summed E-state index contributed by atoms with van der Waals surface area (Å²) < 4.78 is 15.1. The molecule has 1 unspecified atom stereocenters. The normalized spacial score (nSPS) is 12.4. The van der Waals surface area contributed by atoms with Crippen molar-refractivity contribution in [1.82, 2.24) is 9.55 Å². The summed E-state index contributed by atoms with van der Waals surface area (Å²) in [6.45, 7) is 5.25. The lowest BCUT2D eigenvalue weighted by molar-refractivity contribution is 0.498. The number of aromatic amines is 1. The van der Waals surface area contributed by atoms with E-state index in [1.165, 1.54) is 0 Å². The number of nitrogens with one attached hydrogen (secondary N) is 2. The standard InChI is InChI=1S/C16H20FN3O2/c1-4-12(11-8-6-5-7-9-11)18-14-13(17)15(21)20(10(2)3)16(22)19-14/h5-10,12,18H,4H2,1-3H3,(H,19,22). The Labute approximate surface area is 127 Å². The third kappa shape index (κ3) is 3.10. The first kappa shape index (κ1) is 16.0. The van der Waals surface area contributed by atoms with Crippen LogP contribution in [0.3, 0.4) is 0 Å². The fourth-order valence-corrected chi connectivity index (χ4v) is 2.38. The Morgan fingerprint density at radius 1 is 1.23 bits per heavy atom. The van der Waals surface area contributed by atoms with E-state index in [1.54, 1.807) is 13.8 Å². The summed E-state index contributed by atoms with van der Waals surface area (Å²) in [6, 6.07) is 8.88. The number of halogens is 1. The molecule has 0 saturated carbocycles. The van der Waals surface area contributed by atoms with Crippen LogP contribution in [0.5, 0.6) is 0 Å². The SMILES string of the molecule is CCC(Nc1[nH]c(=O)n(C(C)C)c(=O)c1F)c1ccccc1. The maximum Gasteiger partial charge on any atom is 0.330 e. The van der Waals surface area contributed by atoms with Crippen molar-refractivity contribution in [1.29, 1.82) is 0 Å². The van der Waals surface area contributed by atoms with E-state index in [-0.39, 0.29) is 11.9 Å². The maximum absolute atomic E-state index is 14.2. The van der Waals surface area contributed by atoms with E-state index < -0.39 is 23.1 Å². The Morgan fingerprint density at radius 2 is 1.86 bits per heavy atom. The molecule has 0 aliphatic heterocycles. The Balaban J connectivity index is 2.42. The van der Waals surface area contributed by atoms with E-state index >= 15 is 0 Å². The van der Waals surface area contributed by atoms with Gasteiger partial charge in [0.05, 0.1) is 6.04 Å². The average Bonchev–Trinajstić information content (AvgIpc) is 2.50. The minimum absolute atomic E-state index is 0.164. The van der Waals surface area contributed by atoms with Gasteiger partial charge in [0.2, 0.25) is 5.82 Å². The van der Waals surface area contributed by atoms with Crippen molar-refractivity contribution in [3.63, 3.8) is 0 Å². The summed E-state index contributed by atoms with van der Waals surface area (Å²) in [5.74, 6) is -1.13. The number of aromatic nitrogens is 2. The molecular formula is C16H20FN3O2. The van der Waals surface area contributed by atoms with E-state index in [1.807, 2.05) is 37.3 Å². The second-order valence-corrected chi connectivity index (χ2v) is 5.40. The highest BCUT2D eigenvalue weighted by atomic mass is 19.1. The van der Waals surface area contributed by atoms with E-state index in [9.17, 15) is 14.0 Å². The van der Waals surface area contributed by atoms with Crippen LogP contribution in [0.15, 0.2) is 39.9 Å². The van der Waals surface area contributed by atoms with Crippen LogP contribution >= 0.6 is 0 Å². The average molecular weight is 305 g/mol.